The first-order valence-electron chi connectivity index (χ1n) is 7.26. The summed E-state index contributed by atoms with van der Waals surface area (Å²) in [6.45, 7) is 0. The molecule has 0 aliphatic carbocycles. The zero-order valence-electron chi connectivity index (χ0n) is 13.5. The van der Waals surface area contributed by atoms with Gasteiger partial charge in [0.25, 0.3) is 17.1 Å². The molecule has 0 fully saturated rings. The van der Waals surface area contributed by atoms with Crippen molar-refractivity contribution in [2.75, 3.05) is 0 Å². The first-order chi connectivity index (χ1) is 12.8. The van der Waals surface area contributed by atoms with Crippen LogP contribution < -0.4 is 5.43 Å². The average Bonchev–Trinajstić information content (AvgIpc) is 2.61. The summed E-state index contributed by atoms with van der Waals surface area (Å²) in [5, 5.41) is 36.0. The maximum atomic E-state index is 11.9. The van der Waals surface area contributed by atoms with Crippen molar-refractivity contribution < 1.29 is 19.6 Å². The summed E-state index contributed by atoms with van der Waals surface area (Å²) >= 11 is 0. The summed E-state index contributed by atoms with van der Waals surface area (Å²) in [5.74, 6) is -0.700. The third kappa shape index (κ3) is 5.12. The summed E-state index contributed by atoms with van der Waals surface area (Å²) in [6, 6.07) is 8.48. The lowest BCUT2D eigenvalue weighted by atomic mass is 10.1. The third-order valence-corrected chi connectivity index (χ3v) is 3.31. The highest BCUT2D eigenvalue weighted by atomic mass is 16.6. The van der Waals surface area contributed by atoms with Crippen molar-refractivity contribution in [3.63, 3.8) is 0 Å². The van der Waals surface area contributed by atoms with E-state index in [1.807, 2.05) is 0 Å². The van der Waals surface area contributed by atoms with E-state index in [0.29, 0.717) is 5.56 Å². The van der Waals surface area contributed by atoms with Gasteiger partial charge in [-0.05, 0) is 6.07 Å². The molecule has 1 amide bonds. The molecule has 12 heteroatoms. The molecular weight excluding hydrogens is 362 g/mol. The molecular formula is C15H11N5O7. The predicted octanol–water partition coefficient (Wildman–Crippen LogP) is 2.10. The van der Waals surface area contributed by atoms with Gasteiger partial charge in [0.2, 0.25) is 5.91 Å². The van der Waals surface area contributed by atoms with Crippen LogP contribution in [0.4, 0.5) is 17.1 Å². The number of hydrazone groups is 1. The molecule has 2 aromatic carbocycles. The fourth-order valence-electron chi connectivity index (χ4n) is 2.10. The number of rotatable bonds is 7. The molecule has 138 valence electrons. The summed E-state index contributed by atoms with van der Waals surface area (Å²) < 4.78 is 0. The number of nitro groups is 3. The van der Waals surface area contributed by atoms with Gasteiger partial charge in [0, 0.05) is 29.3 Å². The first kappa shape index (κ1) is 19.1. The topological polar surface area (TPSA) is 171 Å². The average molecular weight is 373 g/mol. The van der Waals surface area contributed by atoms with Crippen LogP contribution in [0.5, 0.6) is 0 Å². The molecule has 0 bridgehead atoms. The molecule has 0 unspecified atom stereocenters. The van der Waals surface area contributed by atoms with E-state index < -0.39 is 38.5 Å². The van der Waals surface area contributed by atoms with Crippen LogP contribution in [0.1, 0.15) is 11.1 Å². The van der Waals surface area contributed by atoms with Crippen LogP contribution in [-0.4, -0.2) is 26.9 Å². The Hall–Kier alpha value is -4.22. The van der Waals surface area contributed by atoms with Crippen molar-refractivity contribution in [1.82, 2.24) is 5.43 Å². The van der Waals surface area contributed by atoms with Crippen molar-refractivity contribution in [1.29, 1.82) is 0 Å². The van der Waals surface area contributed by atoms with Gasteiger partial charge in [0.15, 0.2) is 0 Å². The van der Waals surface area contributed by atoms with E-state index in [0.717, 1.165) is 18.2 Å². The number of benzene rings is 2. The second kappa shape index (κ2) is 8.24. The van der Waals surface area contributed by atoms with E-state index in [1.54, 1.807) is 0 Å². The number of non-ortho nitro benzene ring substituents is 2. The molecule has 12 nitrogen and oxygen atoms in total. The van der Waals surface area contributed by atoms with Crippen molar-refractivity contribution in [2.24, 2.45) is 5.10 Å². The van der Waals surface area contributed by atoms with Gasteiger partial charge in [0.05, 0.1) is 33.5 Å². The van der Waals surface area contributed by atoms with E-state index in [-0.39, 0.29) is 11.3 Å². The number of nitro benzene ring substituents is 3. The Morgan fingerprint density at radius 2 is 1.63 bits per heavy atom. The minimum atomic E-state index is -0.817. The number of nitrogens with one attached hydrogen (secondary N) is 1. The van der Waals surface area contributed by atoms with Crippen molar-refractivity contribution >= 4 is 29.2 Å². The Labute approximate surface area is 150 Å². The summed E-state index contributed by atoms with van der Waals surface area (Å²) in [5.41, 5.74) is 1.32. The summed E-state index contributed by atoms with van der Waals surface area (Å²) in [6.07, 6.45) is 0.746. The Bertz CT molecular complexity index is 957. The van der Waals surface area contributed by atoms with Gasteiger partial charge in [0.1, 0.15) is 0 Å². The lowest BCUT2D eigenvalue weighted by molar-refractivity contribution is -0.394. The van der Waals surface area contributed by atoms with Gasteiger partial charge >= 0.3 is 0 Å². The first-order valence-corrected chi connectivity index (χ1v) is 7.26. The van der Waals surface area contributed by atoms with Crippen molar-refractivity contribution in [3.05, 3.63) is 83.9 Å². The molecule has 0 atom stereocenters. The van der Waals surface area contributed by atoms with E-state index in [9.17, 15) is 35.1 Å². The van der Waals surface area contributed by atoms with Crippen LogP contribution in [-0.2, 0) is 11.2 Å². The van der Waals surface area contributed by atoms with Crippen LogP contribution in [0.2, 0.25) is 0 Å². The molecule has 0 saturated carbocycles. The maximum absolute atomic E-state index is 11.9. The number of hydrogen-bond acceptors (Lipinski definition) is 8. The number of carbonyl (C=O) groups excluding carboxylic acids is 1. The van der Waals surface area contributed by atoms with E-state index in [1.165, 1.54) is 30.5 Å². The van der Waals surface area contributed by atoms with Crippen molar-refractivity contribution in [3.8, 4) is 0 Å². The summed E-state index contributed by atoms with van der Waals surface area (Å²) in [4.78, 5) is 42.1. The molecule has 0 aliphatic heterocycles. The van der Waals surface area contributed by atoms with E-state index in [2.05, 4.69) is 10.5 Å². The van der Waals surface area contributed by atoms with Gasteiger partial charge in [-0.2, -0.15) is 5.10 Å². The van der Waals surface area contributed by atoms with Crippen LogP contribution in [0.3, 0.4) is 0 Å². The lowest BCUT2D eigenvalue weighted by Gasteiger charge is -2.02. The normalized spacial score (nSPS) is 10.5. The van der Waals surface area contributed by atoms with E-state index in [4.69, 9.17) is 0 Å². The smallest absolute Gasteiger partial charge is 0.273 e. The Balaban J connectivity index is 2.07. The Kier molecular flexibility index (Phi) is 5.83. The molecule has 0 aromatic heterocycles. The highest BCUT2D eigenvalue weighted by molar-refractivity contribution is 5.84. The SMILES string of the molecule is O=C(Cc1ccc([N+](=O)[O-])cc1[N+](=O)[O-])N/N=C\c1cccc([N+](=O)[O-])c1. The minimum Gasteiger partial charge on any atom is -0.273 e. The number of hydrogen-bond donors (Lipinski definition) is 1. The van der Waals surface area contributed by atoms with Crippen LogP contribution >= 0.6 is 0 Å². The minimum absolute atomic E-state index is 0.0198. The van der Waals surface area contributed by atoms with Crippen molar-refractivity contribution in [2.45, 2.75) is 6.42 Å². The second-order valence-corrected chi connectivity index (χ2v) is 5.15. The number of nitrogens with zero attached hydrogens (tertiary/aromatic N) is 4. The third-order valence-electron chi connectivity index (χ3n) is 3.31. The molecule has 27 heavy (non-hydrogen) atoms. The zero-order valence-corrected chi connectivity index (χ0v) is 13.5. The molecule has 1 N–H and O–H groups in total. The molecule has 0 aliphatic rings. The van der Waals surface area contributed by atoms with Gasteiger partial charge in [-0.15, -0.1) is 0 Å². The number of amides is 1. The fourth-order valence-corrected chi connectivity index (χ4v) is 2.10. The second-order valence-electron chi connectivity index (χ2n) is 5.15. The van der Waals surface area contributed by atoms with Gasteiger partial charge in [-0.3, -0.25) is 35.1 Å². The fraction of sp³-hybridized carbons (Fsp3) is 0.0667. The molecule has 2 aromatic rings. The highest BCUT2D eigenvalue weighted by Crippen LogP contribution is 2.25. The summed E-state index contributed by atoms with van der Waals surface area (Å²) in [7, 11) is 0. The van der Waals surface area contributed by atoms with Crippen LogP contribution in [0.15, 0.2) is 47.6 Å². The quantitative estimate of drug-likeness (QED) is 0.439. The molecule has 0 radical (unpaired) electrons. The molecule has 0 heterocycles. The Morgan fingerprint density at radius 3 is 2.26 bits per heavy atom. The maximum Gasteiger partial charge on any atom is 0.279 e. The predicted molar refractivity (Wildman–Crippen MR) is 92.3 cm³/mol. The van der Waals surface area contributed by atoms with Gasteiger partial charge < -0.3 is 0 Å². The number of carbonyl (C=O) groups is 1. The zero-order chi connectivity index (χ0) is 20.0. The standard InChI is InChI=1S/C15H11N5O7/c21-15(17-16-9-10-2-1-3-12(6-10)18(22)23)7-11-4-5-13(19(24)25)8-14(11)20(26)27/h1-6,8-9H,7H2,(H,17,21)/b16-9-. The molecule has 0 saturated heterocycles. The van der Waals surface area contributed by atoms with Crippen LogP contribution in [0, 0.1) is 30.3 Å². The molecule has 2 rings (SSSR count). The van der Waals surface area contributed by atoms with E-state index >= 15 is 0 Å². The van der Waals surface area contributed by atoms with Gasteiger partial charge in [-0.1, -0.05) is 12.1 Å². The Morgan fingerprint density at radius 1 is 0.963 bits per heavy atom. The molecule has 0 spiro atoms. The van der Waals surface area contributed by atoms with Gasteiger partial charge in [-0.25, -0.2) is 5.43 Å². The van der Waals surface area contributed by atoms with Crippen LogP contribution in [0.25, 0.3) is 0 Å². The highest BCUT2D eigenvalue weighted by Gasteiger charge is 2.20. The monoisotopic (exact) mass is 373 g/mol. The lowest BCUT2D eigenvalue weighted by Crippen LogP contribution is -2.20. The largest absolute Gasteiger partial charge is 0.279 e.